The highest BCUT2D eigenvalue weighted by Crippen LogP contribution is 2.28. The Morgan fingerprint density at radius 3 is 1.77 bits per heavy atom. The highest BCUT2D eigenvalue weighted by molar-refractivity contribution is 5.70. The van der Waals surface area contributed by atoms with Gasteiger partial charge in [0.05, 0.1) is 0 Å². The third-order valence-electron chi connectivity index (χ3n) is 5.67. The molecule has 0 aliphatic heterocycles. The van der Waals surface area contributed by atoms with Crippen molar-refractivity contribution in [1.29, 1.82) is 0 Å². The van der Waals surface area contributed by atoms with Crippen molar-refractivity contribution in [3.05, 3.63) is 34.4 Å². The Morgan fingerprint density at radius 2 is 1.29 bits per heavy atom. The molecule has 0 N–H and O–H groups in total. The summed E-state index contributed by atoms with van der Waals surface area (Å²) < 4.78 is 11.2. The van der Waals surface area contributed by atoms with Gasteiger partial charge in [-0.05, 0) is 47.4 Å². The van der Waals surface area contributed by atoms with Crippen LogP contribution in [0.3, 0.4) is 0 Å². The van der Waals surface area contributed by atoms with E-state index in [1.165, 1.54) is 5.56 Å². The monoisotopic (exact) mass is 432 g/mol. The van der Waals surface area contributed by atoms with Gasteiger partial charge in [-0.3, -0.25) is 9.59 Å². The molecule has 0 spiro atoms. The van der Waals surface area contributed by atoms with Gasteiger partial charge in [0.25, 0.3) is 0 Å². The molecule has 0 atom stereocenters. The second-order valence-electron chi connectivity index (χ2n) is 9.62. The summed E-state index contributed by atoms with van der Waals surface area (Å²) in [6, 6.07) is 4.25. The zero-order chi connectivity index (χ0) is 23.3. The number of aryl methyl sites for hydroxylation is 1. The van der Waals surface area contributed by atoms with Crippen molar-refractivity contribution in [3.63, 3.8) is 0 Å². The molecule has 0 aliphatic rings. The van der Waals surface area contributed by atoms with Crippen LogP contribution >= 0.6 is 0 Å². The molecule has 176 valence electrons. The summed E-state index contributed by atoms with van der Waals surface area (Å²) >= 11 is 0. The maximum absolute atomic E-state index is 12.2. The maximum atomic E-state index is 12.2. The highest BCUT2D eigenvalue weighted by Gasteiger charge is 2.19. The summed E-state index contributed by atoms with van der Waals surface area (Å²) in [4.78, 5) is 24.3. The summed E-state index contributed by atoms with van der Waals surface area (Å²) in [6.07, 6.45) is 9.37. The third-order valence-corrected chi connectivity index (χ3v) is 5.67. The van der Waals surface area contributed by atoms with Crippen LogP contribution in [0.15, 0.2) is 12.1 Å². The molecule has 0 bridgehead atoms. The average Bonchev–Trinajstić information content (AvgIpc) is 2.71. The van der Waals surface area contributed by atoms with E-state index >= 15 is 0 Å². The second kappa shape index (κ2) is 14.3. The summed E-state index contributed by atoms with van der Waals surface area (Å²) in [5.41, 5.74) is 4.13. The SMILES string of the molecule is CCCCCCC(=O)OCc1cc(C(C)(C)C)cc(C)c1COC(=O)CCCCCC. The van der Waals surface area contributed by atoms with E-state index in [0.717, 1.165) is 68.1 Å². The number of benzene rings is 1. The quantitative estimate of drug-likeness (QED) is 0.228. The van der Waals surface area contributed by atoms with E-state index < -0.39 is 0 Å². The maximum Gasteiger partial charge on any atom is 0.306 e. The molecule has 1 aromatic rings. The summed E-state index contributed by atoms with van der Waals surface area (Å²) in [7, 11) is 0. The van der Waals surface area contributed by atoms with Crippen LogP contribution in [0.5, 0.6) is 0 Å². The van der Waals surface area contributed by atoms with Gasteiger partial charge < -0.3 is 9.47 Å². The van der Waals surface area contributed by atoms with Gasteiger partial charge in [-0.15, -0.1) is 0 Å². The molecule has 0 aromatic heterocycles. The molecule has 1 aromatic carbocycles. The van der Waals surface area contributed by atoms with Crippen molar-refractivity contribution in [3.8, 4) is 0 Å². The van der Waals surface area contributed by atoms with Crippen LogP contribution in [-0.2, 0) is 37.7 Å². The lowest BCUT2D eigenvalue weighted by Gasteiger charge is -2.23. The van der Waals surface area contributed by atoms with E-state index in [9.17, 15) is 9.59 Å². The Bertz CT molecular complexity index is 685. The fraction of sp³-hybridized carbons (Fsp3) is 0.704. The molecular formula is C27H44O4. The molecule has 1 rings (SSSR count). The van der Waals surface area contributed by atoms with Gasteiger partial charge in [0.15, 0.2) is 0 Å². The number of hydrogen-bond donors (Lipinski definition) is 0. The van der Waals surface area contributed by atoms with Crippen molar-refractivity contribution in [2.24, 2.45) is 0 Å². The van der Waals surface area contributed by atoms with Crippen LogP contribution in [0.2, 0.25) is 0 Å². The number of carbonyl (C=O) groups excluding carboxylic acids is 2. The molecule has 4 nitrogen and oxygen atoms in total. The first-order valence-corrected chi connectivity index (χ1v) is 12.1. The topological polar surface area (TPSA) is 52.6 Å². The van der Waals surface area contributed by atoms with E-state index in [1.54, 1.807) is 0 Å². The molecule has 0 amide bonds. The predicted molar refractivity (Wildman–Crippen MR) is 127 cm³/mol. The predicted octanol–water partition coefficient (Wildman–Crippen LogP) is 7.32. The number of rotatable bonds is 14. The first-order chi connectivity index (χ1) is 14.7. The van der Waals surface area contributed by atoms with Crippen molar-refractivity contribution in [2.75, 3.05) is 0 Å². The minimum absolute atomic E-state index is 0.0157. The van der Waals surface area contributed by atoms with Gasteiger partial charge in [-0.1, -0.05) is 85.3 Å². The van der Waals surface area contributed by atoms with Crippen LogP contribution in [0, 0.1) is 6.92 Å². The van der Waals surface area contributed by atoms with E-state index in [1.807, 2.05) is 6.92 Å². The second-order valence-corrected chi connectivity index (χ2v) is 9.62. The number of hydrogen-bond acceptors (Lipinski definition) is 4. The first-order valence-electron chi connectivity index (χ1n) is 12.1. The van der Waals surface area contributed by atoms with E-state index in [0.29, 0.717) is 12.8 Å². The summed E-state index contributed by atoms with van der Waals surface area (Å²) in [5, 5.41) is 0. The Balaban J connectivity index is 2.81. The standard InChI is InChI=1S/C27H44O4/c1-7-9-11-13-15-25(28)30-19-22-18-23(27(4,5)6)17-21(3)24(22)20-31-26(29)16-14-12-10-8-2/h17-18H,7-16,19-20H2,1-6H3. The molecule has 0 heterocycles. The molecule has 0 fully saturated rings. The summed E-state index contributed by atoms with van der Waals surface area (Å²) in [5.74, 6) is -0.317. The van der Waals surface area contributed by atoms with Crippen LogP contribution in [0.4, 0.5) is 0 Å². The lowest BCUT2D eigenvalue weighted by atomic mass is 9.83. The average molecular weight is 433 g/mol. The van der Waals surface area contributed by atoms with Crippen LogP contribution in [0.25, 0.3) is 0 Å². The number of esters is 2. The molecule has 4 heteroatoms. The smallest absolute Gasteiger partial charge is 0.306 e. The lowest BCUT2D eigenvalue weighted by molar-refractivity contribution is -0.146. The van der Waals surface area contributed by atoms with Crippen LogP contribution in [-0.4, -0.2) is 11.9 Å². The number of carbonyl (C=O) groups is 2. The summed E-state index contributed by atoms with van der Waals surface area (Å²) in [6.45, 7) is 13.3. The van der Waals surface area contributed by atoms with Crippen molar-refractivity contribution >= 4 is 11.9 Å². The minimum Gasteiger partial charge on any atom is -0.461 e. The molecule has 31 heavy (non-hydrogen) atoms. The normalized spacial score (nSPS) is 11.4. The zero-order valence-corrected chi connectivity index (χ0v) is 20.8. The van der Waals surface area contributed by atoms with Gasteiger partial charge in [0.1, 0.15) is 13.2 Å². The molecular weight excluding hydrogens is 388 g/mol. The Hall–Kier alpha value is -1.84. The number of ether oxygens (including phenoxy) is 2. The Morgan fingerprint density at radius 1 is 0.774 bits per heavy atom. The van der Waals surface area contributed by atoms with Crippen molar-refractivity contribution < 1.29 is 19.1 Å². The van der Waals surface area contributed by atoms with E-state index in [2.05, 4.69) is 46.8 Å². The third kappa shape index (κ3) is 10.8. The molecule has 0 saturated heterocycles. The Labute approximate surface area is 190 Å². The largest absolute Gasteiger partial charge is 0.461 e. The van der Waals surface area contributed by atoms with Gasteiger partial charge in [-0.2, -0.15) is 0 Å². The van der Waals surface area contributed by atoms with Crippen molar-refractivity contribution in [2.45, 2.75) is 124 Å². The zero-order valence-electron chi connectivity index (χ0n) is 20.8. The van der Waals surface area contributed by atoms with Crippen LogP contribution in [0.1, 0.15) is 121 Å². The fourth-order valence-corrected chi connectivity index (χ4v) is 3.51. The Kier molecular flexibility index (Phi) is 12.5. The molecule has 0 aliphatic carbocycles. The van der Waals surface area contributed by atoms with E-state index in [4.69, 9.17) is 9.47 Å². The lowest BCUT2D eigenvalue weighted by Crippen LogP contribution is -2.15. The fourth-order valence-electron chi connectivity index (χ4n) is 3.51. The van der Waals surface area contributed by atoms with Gasteiger partial charge in [0.2, 0.25) is 0 Å². The minimum atomic E-state index is -0.159. The molecule has 0 unspecified atom stereocenters. The first kappa shape index (κ1) is 27.2. The van der Waals surface area contributed by atoms with Gasteiger partial charge in [0, 0.05) is 12.8 Å². The number of unbranched alkanes of at least 4 members (excludes halogenated alkanes) is 6. The van der Waals surface area contributed by atoms with Crippen LogP contribution < -0.4 is 0 Å². The molecule has 0 radical (unpaired) electrons. The molecule has 0 saturated carbocycles. The van der Waals surface area contributed by atoms with Gasteiger partial charge in [-0.25, -0.2) is 0 Å². The van der Waals surface area contributed by atoms with Crippen molar-refractivity contribution in [1.82, 2.24) is 0 Å². The van der Waals surface area contributed by atoms with E-state index in [-0.39, 0.29) is 30.6 Å². The highest BCUT2D eigenvalue weighted by atomic mass is 16.5. The van der Waals surface area contributed by atoms with Gasteiger partial charge >= 0.3 is 11.9 Å².